The molecule has 0 aromatic heterocycles. The zero-order valence-corrected chi connectivity index (χ0v) is 47.1. The Bertz CT molecular complexity index is 1380. The Morgan fingerprint density at radius 3 is 1.24 bits per heavy atom. The first-order chi connectivity index (χ1) is 35.1. The Kier molecular flexibility index (Phi) is 49.4. The predicted molar refractivity (Wildman–Crippen MR) is 298 cm³/mol. The zero-order valence-electron chi connectivity index (χ0n) is 47.1. The second-order valence-electron chi connectivity index (χ2n) is 19.9. The molecule has 11 heteroatoms. The maximum atomic E-state index is 14.7. The third-order valence-electron chi connectivity index (χ3n) is 12.7. The van der Waals surface area contributed by atoms with Crippen LogP contribution in [-0.2, 0) is 42.9 Å². The van der Waals surface area contributed by atoms with Crippen LogP contribution in [0.4, 0.5) is 0 Å². The smallest absolute Gasteiger partial charge is 0.319 e. The van der Waals surface area contributed by atoms with Crippen LogP contribution in [0, 0.1) is 5.92 Å². The molecule has 1 amide bonds. The fourth-order valence-corrected chi connectivity index (χ4v) is 8.16. The van der Waals surface area contributed by atoms with E-state index in [1.54, 1.807) is 0 Å². The van der Waals surface area contributed by atoms with E-state index < -0.39 is 48.2 Å². The van der Waals surface area contributed by atoms with Gasteiger partial charge in [-0.05, 0) is 117 Å². The van der Waals surface area contributed by atoms with Gasteiger partial charge in [0.05, 0.1) is 25.7 Å². The van der Waals surface area contributed by atoms with Gasteiger partial charge in [0.25, 0.3) is 0 Å². The number of carbonyl (C=O) groups excluding carboxylic acids is 5. The normalized spacial score (nSPS) is 12.3. The van der Waals surface area contributed by atoms with Crippen LogP contribution in [0.25, 0.3) is 0 Å². The summed E-state index contributed by atoms with van der Waals surface area (Å²) in [7, 11) is 3.87. The number of rotatable bonds is 51. The quantitative estimate of drug-likeness (QED) is 0.0191. The monoisotopic (exact) mass is 1010 g/mol. The molecule has 0 aliphatic heterocycles. The van der Waals surface area contributed by atoms with Crippen LogP contribution in [-0.4, -0.2) is 99.2 Å². The SMILES string of the molecule is CCCCC/C=C\C/C=C\CCCCCCCC(=O)OCC(COC(=O)CCCCCCC/C=C\C/C=C\CCCCC)N(CCCN(C)C)C(=O)C(CC(=O)OCCCCCC)C(=O)OCCCCCC. The summed E-state index contributed by atoms with van der Waals surface area (Å²) in [5.74, 6) is -4.31. The van der Waals surface area contributed by atoms with Gasteiger partial charge in [-0.25, -0.2) is 0 Å². The number of hydrogen-bond acceptors (Lipinski definition) is 10. The van der Waals surface area contributed by atoms with Crippen LogP contribution in [0.3, 0.4) is 0 Å². The minimum Gasteiger partial charge on any atom is -0.466 e. The number of carbonyl (C=O) groups is 5. The molecule has 0 saturated carbocycles. The zero-order chi connectivity index (χ0) is 53.0. The average Bonchev–Trinajstić information content (AvgIpc) is 3.36. The highest BCUT2D eigenvalue weighted by Crippen LogP contribution is 2.19. The van der Waals surface area contributed by atoms with Gasteiger partial charge in [-0.2, -0.15) is 0 Å². The van der Waals surface area contributed by atoms with Crippen LogP contribution in [0.15, 0.2) is 48.6 Å². The van der Waals surface area contributed by atoms with Gasteiger partial charge >= 0.3 is 23.9 Å². The van der Waals surface area contributed by atoms with Crippen molar-refractivity contribution >= 4 is 29.8 Å². The van der Waals surface area contributed by atoms with E-state index in [1.807, 2.05) is 19.0 Å². The largest absolute Gasteiger partial charge is 0.466 e. The van der Waals surface area contributed by atoms with Gasteiger partial charge in [0, 0.05) is 19.4 Å². The summed E-state index contributed by atoms with van der Waals surface area (Å²) in [5.41, 5.74) is 0. The van der Waals surface area contributed by atoms with E-state index in [9.17, 15) is 24.0 Å². The first-order valence-electron chi connectivity index (χ1n) is 29.3. The number of allylic oxidation sites excluding steroid dienone is 8. The molecule has 0 fully saturated rings. The molecule has 0 radical (unpaired) electrons. The van der Waals surface area contributed by atoms with Gasteiger partial charge < -0.3 is 28.7 Å². The van der Waals surface area contributed by atoms with Crippen LogP contribution >= 0.6 is 0 Å². The van der Waals surface area contributed by atoms with E-state index in [4.69, 9.17) is 18.9 Å². The highest BCUT2D eigenvalue weighted by Gasteiger charge is 2.38. The lowest BCUT2D eigenvalue weighted by Gasteiger charge is -2.33. The molecule has 0 bridgehead atoms. The Labute approximate surface area is 441 Å². The van der Waals surface area contributed by atoms with Crippen molar-refractivity contribution in [3.05, 3.63) is 48.6 Å². The maximum Gasteiger partial charge on any atom is 0.319 e. The molecule has 1 atom stereocenters. The van der Waals surface area contributed by atoms with Gasteiger partial charge in [-0.15, -0.1) is 0 Å². The third kappa shape index (κ3) is 43.8. The summed E-state index contributed by atoms with van der Waals surface area (Å²) in [6.45, 7) is 9.36. The summed E-state index contributed by atoms with van der Waals surface area (Å²) in [6.07, 6.45) is 49.4. The lowest BCUT2D eigenvalue weighted by Crippen LogP contribution is -2.51. The summed E-state index contributed by atoms with van der Waals surface area (Å²) < 4.78 is 22.9. The molecular formula is C61H108N2O9. The number of esters is 4. The Hall–Kier alpha value is -3.73. The predicted octanol–water partition coefficient (Wildman–Crippen LogP) is 15.1. The van der Waals surface area contributed by atoms with Gasteiger partial charge in [0.15, 0.2) is 0 Å². The molecule has 0 heterocycles. The van der Waals surface area contributed by atoms with Crippen LogP contribution in [0.5, 0.6) is 0 Å². The van der Waals surface area contributed by atoms with Crippen molar-refractivity contribution in [2.45, 2.75) is 252 Å². The number of unbranched alkanes of at least 4 members (excludes halogenated alkanes) is 22. The topological polar surface area (TPSA) is 129 Å². The molecule has 0 aliphatic carbocycles. The average molecular weight is 1010 g/mol. The lowest BCUT2D eigenvalue weighted by molar-refractivity contribution is -0.165. The minimum absolute atomic E-state index is 0.135. The highest BCUT2D eigenvalue weighted by atomic mass is 16.6. The molecule has 1 unspecified atom stereocenters. The van der Waals surface area contributed by atoms with E-state index in [2.05, 4.69) is 76.3 Å². The molecule has 0 spiro atoms. The molecule has 0 aromatic carbocycles. The van der Waals surface area contributed by atoms with E-state index in [1.165, 1.54) is 43.4 Å². The van der Waals surface area contributed by atoms with E-state index in [-0.39, 0.29) is 45.8 Å². The van der Waals surface area contributed by atoms with Crippen molar-refractivity contribution in [3.8, 4) is 0 Å². The van der Waals surface area contributed by atoms with Crippen molar-refractivity contribution in [2.24, 2.45) is 5.92 Å². The second kappa shape index (κ2) is 52.1. The fourth-order valence-electron chi connectivity index (χ4n) is 8.16. The van der Waals surface area contributed by atoms with Crippen LogP contribution in [0.1, 0.15) is 246 Å². The van der Waals surface area contributed by atoms with Gasteiger partial charge in [0.2, 0.25) is 5.91 Å². The van der Waals surface area contributed by atoms with Crippen molar-refractivity contribution in [2.75, 3.05) is 53.6 Å². The molecule has 0 rings (SSSR count). The molecule has 11 nitrogen and oxygen atoms in total. The third-order valence-corrected chi connectivity index (χ3v) is 12.7. The summed E-state index contributed by atoms with van der Waals surface area (Å²) in [5, 5.41) is 0. The van der Waals surface area contributed by atoms with Crippen LogP contribution in [0.2, 0.25) is 0 Å². The van der Waals surface area contributed by atoms with Crippen LogP contribution < -0.4 is 0 Å². The molecule has 0 N–H and O–H groups in total. The molecule has 0 aromatic rings. The van der Waals surface area contributed by atoms with Gasteiger partial charge in [-0.1, -0.05) is 179 Å². The van der Waals surface area contributed by atoms with E-state index in [0.29, 0.717) is 38.6 Å². The molecule has 0 saturated heterocycles. The standard InChI is InChI=1S/C61H108N2O9/c1-7-11-15-19-21-23-25-27-29-31-33-35-37-39-41-46-57(64)71-53-55(54-72-58(65)47-42-40-38-36-34-32-30-28-26-24-22-20-16-12-8-2)63(49-45-48-62(5)6)60(67)56(61(68)70-51-44-18-14-10-4)52-59(66)69-50-43-17-13-9-3/h21-24,27-30,55-56H,7-20,25-26,31-54H2,1-6H3/b23-21-,24-22-,29-27-,30-28-. The summed E-state index contributed by atoms with van der Waals surface area (Å²) >= 11 is 0. The number of nitrogens with zero attached hydrogens (tertiary/aromatic N) is 2. The maximum absolute atomic E-state index is 14.7. The Morgan fingerprint density at radius 2 is 0.792 bits per heavy atom. The van der Waals surface area contributed by atoms with Gasteiger partial charge in [0.1, 0.15) is 19.1 Å². The lowest BCUT2D eigenvalue weighted by atomic mass is 10.0. The Balaban J connectivity index is 5.80. The van der Waals surface area contributed by atoms with Crippen molar-refractivity contribution in [3.63, 3.8) is 0 Å². The summed E-state index contributed by atoms with van der Waals surface area (Å²) in [6, 6.07) is -0.883. The van der Waals surface area contributed by atoms with Crippen molar-refractivity contribution in [1.82, 2.24) is 9.80 Å². The first-order valence-corrected chi connectivity index (χ1v) is 29.3. The van der Waals surface area contributed by atoms with E-state index >= 15 is 0 Å². The van der Waals surface area contributed by atoms with Crippen molar-refractivity contribution < 1.29 is 42.9 Å². The van der Waals surface area contributed by atoms with Gasteiger partial charge in [-0.3, -0.25) is 24.0 Å². The summed E-state index contributed by atoms with van der Waals surface area (Å²) in [4.78, 5) is 71.7. The highest BCUT2D eigenvalue weighted by molar-refractivity contribution is 6.00. The van der Waals surface area contributed by atoms with Crippen molar-refractivity contribution in [1.29, 1.82) is 0 Å². The molecule has 416 valence electrons. The molecule has 72 heavy (non-hydrogen) atoms. The fraction of sp³-hybridized carbons (Fsp3) is 0.787. The first kappa shape index (κ1) is 68.3. The van der Waals surface area contributed by atoms with E-state index in [0.717, 1.165) is 128 Å². The number of ether oxygens (including phenoxy) is 4. The molecular weight excluding hydrogens is 905 g/mol. The number of hydrogen-bond donors (Lipinski definition) is 0. The Morgan fingerprint density at radius 1 is 0.403 bits per heavy atom. The number of amides is 1. The second-order valence-corrected chi connectivity index (χ2v) is 19.9. The molecule has 0 aliphatic rings. The minimum atomic E-state index is -1.46.